The molecular weight excluding hydrogens is 330 g/mol. The van der Waals surface area contributed by atoms with Crippen molar-refractivity contribution in [3.05, 3.63) is 78.7 Å². The molecule has 0 radical (unpaired) electrons. The lowest BCUT2D eigenvalue weighted by molar-refractivity contribution is -0.147. The summed E-state index contributed by atoms with van der Waals surface area (Å²) in [5, 5.41) is 10.6. The number of aliphatic hydroxyl groups is 1. The van der Waals surface area contributed by atoms with Crippen LogP contribution in [0.3, 0.4) is 0 Å². The van der Waals surface area contributed by atoms with E-state index in [1.165, 1.54) is 0 Å². The van der Waals surface area contributed by atoms with Crippen LogP contribution in [-0.2, 0) is 16.1 Å². The molecule has 1 heterocycles. The summed E-state index contributed by atoms with van der Waals surface area (Å²) in [6, 6.07) is 16.8. The van der Waals surface area contributed by atoms with Crippen molar-refractivity contribution in [2.75, 3.05) is 0 Å². The first kappa shape index (κ1) is 17.9. The molecular formula is C21H21NO4. The molecule has 0 aliphatic heterocycles. The second kappa shape index (κ2) is 8.45. The lowest BCUT2D eigenvalue weighted by atomic mass is 9.94. The van der Waals surface area contributed by atoms with E-state index in [1.807, 2.05) is 48.5 Å². The molecule has 1 aromatic heterocycles. The fourth-order valence-electron chi connectivity index (χ4n) is 2.77. The zero-order valence-corrected chi connectivity index (χ0v) is 14.4. The molecule has 0 fully saturated rings. The first-order valence-corrected chi connectivity index (χ1v) is 8.51. The maximum absolute atomic E-state index is 12.2. The van der Waals surface area contributed by atoms with Gasteiger partial charge < -0.3 is 14.3 Å². The standard InChI is InChI=1S/C21H21NO4/c1-2-8-16(13-19(23)25-14-15-9-4-3-5-10-15)20(24)21-22-17-11-6-7-12-18(17)26-21/h2-7,9-12,16,20,24H,1,8,13-14H2/t16-,20?/m1/s1. The molecule has 3 rings (SSSR count). The van der Waals surface area contributed by atoms with Crippen LogP contribution in [-0.4, -0.2) is 16.1 Å². The molecule has 0 saturated carbocycles. The van der Waals surface area contributed by atoms with Gasteiger partial charge in [-0.25, -0.2) is 4.98 Å². The summed E-state index contributed by atoms with van der Waals surface area (Å²) >= 11 is 0. The number of esters is 1. The van der Waals surface area contributed by atoms with Gasteiger partial charge >= 0.3 is 5.97 Å². The van der Waals surface area contributed by atoms with Crippen molar-refractivity contribution in [2.45, 2.75) is 25.6 Å². The van der Waals surface area contributed by atoms with Gasteiger partial charge in [0.15, 0.2) is 5.58 Å². The molecule has 26 heavy (non-hydrogen) atoms. The van der Waals surface area contributed by atoms with Crippen LogP contribution in [0.1, 0.15) is 30.4 Å². The van der Waals surface area contributed by atoms with Crippen molar-refractivity contribution in [3.63, 3.8) is 0 Å². The first-order valence-electron chi connectivity index (χ1n) is 8.51. The van der Waals surface area contributed by atoms with Crippen molar-refractivity contribution in [1.29, 1.82) is 0 Å². The van der Waals surface area contributed by atoms with Crippen LogP contribution >= 0.6 is 0 Å². The molecule has 0 saturated heterocycles. The number of allylic oxidation sites excluding steroid dienone is 1. The second-order valence-corrected chi connectivity index (χ2v) is 6.10. The Morgan fingerprint density at radius 3 is 2.65 bits per heavy atom. The van der Waals surface area contributed by atoms with Crippen molar-refractivity contribution in [1.82, 2.24) is 4.98 Å². The number of para-hydroxylation sites is 2. The highest BCUT2D eigenvalue weighted by molar-refractivity contribution is 5.72. The molecule has 5 heteroatoms. The van der Waals surface area contributed by atoms with Crippen LogP contribution in [0.25, 0.3) is 11.1 Å². The van der Waals surface area contributed by atoms with Gasteiger partial charge in [-0.2, -0.15) is 0 Å². The number of hydrogen-bond acceptors (Lipinski definition) is 5. The predicted molar refractivity (Wildman–Crippen MR) is 98.1 cm³/mol. The molecule has 0 bridgehead atoms. The van der Waals surface area contributed by atoms with Crippen molar-refractivity contribution >= 4 is 17.1 Å². The van der Waals surface area contributed by atoms with Gasteiger partial charge in [0.05, 0.1) is 6.42 Å². The molecule has 0 amide bonds. The number of carbonyl (C=O) groups excluding carboxylic acids is 1. The summed E-state index contributed by atoms with van der Waals surface area (Å²) in [7, 11) is 0. The Morgan fingerprint density at radius 1 is 1.19 bits per heavy atom. The molecule has 0 spiro atoms. The monoisotopic (exact) mass is 351 g/mol. The van der Waals surface area contributed by atoms with Gasteiger partial charge in [-0.3, -0.25) is 4.79 Å². The minimum absolute atomic E-state index is 0.0543. The zero-order valence-electron chi connectivity index (χ0n) is 14.4. The van der Waals surface area contributed by atoms with Gasteiger partial charge in [-0.15, -0.1) is 6.58 Å². The number of rotatable bonds is 8. The van der Waals surface area contributed by atoms with E-state index in [9.17, 15) is 9.90 Å². The maximum Gasteiger partial charge on any atom is 0.306 e. The highest BCUT2D eigenvalue weighted by atomic mass is 16.5. The van der Waals surface area contributed by atoms with Gasteiger partial charge in [0.25, 0.3) is 0 Å². The van der Waals surface area contributed by atoms with E-state index < -0.39 is 12.0 Å². The average Bonchev–Trinajstić information content (AvgIpc) is 3.10. The third kappa shape index (κ3) is 4.37. The van der Waals surface area contributed by atoms with E-state index in [-0.39, 0.29) is 24.9 Å². The molecule has 5 nitrogen and oxygen atoms in total. The number of oxazole rings is 1. The Bertz CT molecular complexity index is 839. The molecule has 1 unspecified atom stereocenters. The molecule has 2 aromatic carbocycles. The van der Waals surface area contributed by atoms with Crippen molar-refractivity contribution in [2.24, 2.45) is 5.92 Å². The van der Waals surface area contributed by atoms with Gasteiger partial charge in [-0.1, -0.05) is 48.5 Å². The minimum atomic E-state index is -1.01. The Morgan fingerprint density at radius 2 is 1.92 bits per heavy atom. The number of benzene rings is 2. The number of ether oxygens (including phenoxy) is 1. The van der Waals surface area contributed by atoms with E-state index in [2.05, 4.69) is 11.6 Å². The van der Waals surface area contributed by atoms with Gasteiger partial charge in [0.2, 0.25) is 5.89 Å². The smallest absolute Gasteiger partial charge is 0.306 e. The summed E-state index contributed by atoms with van der Waals surface area (Å²) in [5.74, 6) is -0.589. The normalized spacial score (nSPS) is 13.3. The molecule has 0 aliphatic rings. The van der Waals surface area contributed by atoms with E-state index in [1.54, 1.807) is 12.1 Å². The predicted octanol–water partition coefficient (Wildman–Crippen LogP) is 4.19. The SMILES string of the molecule is C=CC[C@H](CC(=O)OCc1ccccc1)C(O)c1nc2ccccc2o1. The van der Waals surface area contributed by atoms with E-state index in [0.717, 1.165) is 5.56 Å². The highest BCUT2D eigenvalue weighted by Gasteiger charge is 2.27. The molecule has 134 valence electrons. The summed E-state index contributed by atoms with van der Waals surface area (Å²) in [6.07, 6.45) is 1.16. The second-order valence-electron chi connectivity index (χ2n) is 6.10. The van der Waals surface area contributed by atoms with Crippen LogP contribution in [0, 0.1) is 5.92 Å². The number of aliphatic hydroxyl groups excluding tert-OH is 1. The average molecular weight is 351 g/mol. The highest BCUT2D eigenvalue weighted by Crippen LogP contribution is 2.30. The third-order valence-electron chi connectivity index (χ3n) is 4.15. The van der Waals surface area contributed by atoms with Gasteiger partial charge in [0, 0.05) is 5.92 Å². The molecule has 0 aliphatic carbocycles. The van der Waals surface area contributed by atoms with E-state index >= 15 is 0 Å². The third-order valence-corrected chi connectivity index (χ3v) is 4.15. The van der Waals surface area contributed by atoms with Crippen LogP contribution in [0.5, 0.6) is 0 Å². The lowest BCUT2D eigenvalue weighted by Gasteiger charge is -2.18. The molecule has 1 N–H and O–H groups in total. The van der Waals surface area contributed by atoms with Crippen molar-refractivity contribution in [3.8, 4) is 0 Å². The summed E-state index contributed by atoms with van der Waals surface area (Å²) in [5.41, 5.74) is 2.19. The van der Waals surface area contributed by atoms with E-state index in [4.69, 9.17) is 9.15 Å². The first-order chi connectivity index (χ1) is 12.7. The van der Waals surface area contributed by atoms with Gasteiger partial charge in [-0.05, 0) is 24.1 Å². The summed E-state index contributed by atoms with van der Waals surface area (Å²) in [6.45, 7) is 3.91. The lowest BCUT2D eigenvalue weighted by Crippen LogP contribution is -2.18. The van der Waals surface area contributed by atoms with Crippen LogP contribution < -0.4 is 0 Å². The number of nitrogens with zero attached hydrogens (tertiary/aromatic N) is 1. The fourth-order valence-corrected chi connectivity index (χ4v) is 2.77. The summed E-state index contributed by atoms with van der Waals surface area (Å²) < 4.78 is 10.9. The molecule has 3 aromatic rings. The van der Waals surface area contributed by atoms with Gasteiger partial charge in [0.1, 0.15) is 18.2 Å². The maximum atomic E-state index is 12.2. The number of aromatic nitrogens is 1. The fraction of sp³-hybridized carbons (Fsp3) is 0.238. The van der Waals surface area contributed by atoms with Crippen molar-refractivity contribution < 1.29 is 19.1 Å². The summed E-state index contributed by atoms with van der Waals surface area (Å²) in [4.78, 5) is 16.5. The number of carbonyl (C=O) groups is 1. The van der Waals surface area contributed by atoms with E-state index in [0.29, 0.717) is 17.5 Å². The molecule has 2 atom stereocenters. The van der Waals surface area contributed by atoms with Crippen LogP contribution in [0.15, 0.2) is 71.7 Å². The zero-order chi connectivity index (χ0) is 18.4. The number of fused-ring (bicyclic) bond motifs is 1. The Labute approximate surface area is 151 Å². The topological polar surface area (TPSA) is 72.6 Å². The minimum Gasteiger partial charge on any atom is -0.461 e. The van der Waals surface area contributed by atoms with Crippen LogP contribution in [0.4, 0.5) is 0 Å². The number of hydrogen-bond donors (Lipinski definition) is 1. The Balaban J connectivity index is 1.65. The Hall–Kier alpha value is -2.92. The Kier molecular flexibility index (Phi) is 5.81. The quantitative estimate of drug-likeness (QED) is 0.487. The largest absolute Gasteiger partial charge is 0.461 e. The van der Waals surface area contributed by atoms with Crippen LogP contribution in [0.2, 0.25) is 0 Å².